The smallest absolute Gasteiger partial charge is 0.408 e. The third kappa shape index (κ3) is 2.70. The first kappa shape index (κ1) is 14.2. The molecular weight excluding hydrogens is 311 g/mol. The van der Waals surface area contributed by atoms with E-state index in [1.54, 1.807) is 6.07 Å². The van der Waals surface area contributed by atoms with Crippen LogP contribution in [0.15, 0.2) is 45.6 Å². The molecule has 0 radical (unpaired) electrons. The predicted molar refractivity (Wildman–Crippen MR) is 84.2 cm³/mol. The first-order valence-corrected chi connectivity index (χ1v) is 7.09. The molecule has 0 saturated carbocycles. The maximum absolute atomic E-state index is 11.2. The van der Waals surface area contributed by atoms with Gasteiger partial charge < -0.3 is 9.73 Å². The minimum atomic E-state index is -0.460. The summed E-state index contributed by atoms with van der Waals surface area (Å²) in [5, 5.41) is 4.24. The zero-order valence-corrected chi connectivity index (χ0v) is 12.6. The lowest BCUT2D eigenvalue weighted by Gasteiger charge is -2.17. The van der Waals surface area contributed by atoms with E-state index in [2.05, 4.69) is 10.3 Å². The molecule has 0 bridgehead atoms. The maximum Gasteiger partial charge on any atom is 0.417 e. The normalized spacial score (nSPS) is 12.7. The number of hydrogen-bond acceptors (Lipinski definition) is 3. The van der Waals surface area contributed by atoms with Crippen molar-refractivity contribution in [1.29, 1.82) is 0 Å². The quantitative estimate of drug-likeness (QED) is 0.772. The van der Waals surface area contributed by atoms with Gasteiger partial charge in [0.15, 0.2) is 5.58 Å². The van der Waals surface area contributed by atoms with E-state index in [4.69, 9.17) is 27.6 Å². The van der Waals surface area contributed by atoms with Gasteiger partial charge in [-0.15, -0.1) is 0 Å². The summed E-state index contributed by atoms with van der Waals surface area (Å²) in [6.45, 7) is 0. The van der Waals surface area contributed by atoms with E-state index in [1.807, 2.05) is 37.4 Å². The van der Waals surface area contributed by atoms with E-state index in [-0.39, 0.29) is 6.04 Å². The van der Waals surface area contributed by atoms with E-state index in [1.165, 1.54) is 0 Å². The van der Waals surface area contributed by atoms with Crippen LogP contribution in [0.2, 0.25) is 10.0 Å². The summed E-state index contributed by atoms with van der Waals surface area (Å²) in [5.74, 6) is -0.460. The Morgan fingerprint density at radius 2 is 1.81 bits per heavy atom. The molecule has 0 amide bonds. The molecule has 6 heteroatoms. The monoisotopic (exact) mass is 322 g/mol. The Kier molecular flexibility index (Phi) is 3.76. The number of rotatable bonds is 3. The number of oxazole rings is 1. The van der Waals surface area contributed by atoms with Crippen molar-refractivity contribution in [2.24, 2.45) is 0 Å². The fourth-order valence-electron chi connectivity index (χ4n) is 2.36. The molecule has 3 aromatic rings. The van der Waals surface area contributed by atoms with Gasteiger partial charge >= 0.3 is 5.76 Å². The maximum atomic E-state index is 11.2. The van der Waals surface area contributed by atoms with Gasteiger partial charge in [0.2, 0.25) is 0 Å². The van der Waals surface area contributed by atoms with Crippen LogP contribution in [0.3, 0.4) is 0 Å². The lowest BCUT2D eigenvalue weighted by atomic mass is 9.98. The van der Waals surface area contributed by atoms with Gasteiger partial charge in [0.05, 0.1) is 21.6 Å². The number of H-pyrrole nitrogens is 1. The molecule has 2 N–H and O–H groups in total. The van der Waals surface area contributed by atoms with Crippen LogP contribution in [0.4, 0.5) is 0 Å². The molecule has 1 aromatic heterocycles. The average molecular weight is 323 g/mol. The van der Waals surface area contributed by atoms with Gasteiger partial charge in [0, 0.05) is 0 Å². The van der Waals surface area contributed by atoms with Gasteiger partial charge in [0.25, 0.3) is 0 Å². The highest BCUT2D eigenvalue weighted by molar-refractivity contribution is 6.42. The highest BCUT2D eigenvalue weighted by atomic mass is 35.5. The molecule has 4 nitrogen and oxygen atoms in total. The van der Waals surface area contributed by atoms with Gasteiger partial charge in [-0.1, -0.05) is 35.3 Å². The number of hydrogen-bond donors (Lipinski definition) is 2. The number of nitrogens with one attached hydrogen (secondary N) is 2. The largest absolute Gasteiger partial charge is 0.417 e. The van der Waals surface area contributed by atoms with Crippen molar-refractivity contribution in [3.63, 3.8) is 0 Å². The summed E-state index contributed by atoms with van der Waals surface area (Å²) < 4.78 is 5.10. The summed E-state index contributed by atoms with van der Waals surface area (Å²) in [5.41, 5.74) is 3.14. The van der Waals surface area contributed by atoms with Crippen molar-refractivity contribution < 1.29 is 4.42 Å². The Morgan fingerprint density at radius 1 is 1.10 bits per heavy atom. The van der Waals surface area contributed by atoms with Crippen molar-refractivity contribution in [1.82, 2.24) is 10.3 Å². The molecule has 0 fully saturated rings. The van der Waals surface area contributed by atoms with Crippen LogP contribution in [0.1, 0.15) is 17.2 Å². The number of benzene rings is 2. The third-order valence-electron chi connectivity index (χ3n) is 3.34. The fraction of sp³-hybridized carbons (Fsp3) is 0.133. The van der Waals surface area contributed by atoms with Crippen molar-refractivity contribution in [3.05, 3.63) is 68.1 Å². The van der Waals surface area contributed by atoms with E-state index >= 15 is 0 Å². The van der Waals surface area contributed by atoms with E-state index in [9.17, 15) is 4.79 Å². The second-order valence-electron chi connectivity index (χ2n) is 4.67. The topological polar surface area (TPSA) is 58.0 Å². The van der Waals surface area contributed by atoms with Crippen LogP contribution in [0, 0.1) is 0 Å². The van der Waals surface area contributed by atoms with Gasteiger partial charge in [-0.2, -0.15) is 0 Å². The highest BCUT2D eigenvalue weighted by Gasteiger charge is 2.15. The molecule has 0 spiro atoms. The van der Waals surface area contributed by atoms with Gasteiger partial charge in [-0.05, 0) is 42.4 Å². The molecule has 3 rings (SSSR count). The van der Waals surface area contributed by atoms with Crippen molar-refractivity contribution in [2.45, 2.75) is 6.04 Å². The molecule has 0 aliphatic heterocycles. The standard InChI is InChI=1S/C15H12Cl2N2O2/c1-18-14(8-2-4-10(16)11(17)6-8)9-3-5-12-13(7-9)21-15(20)19-12/h2-7,14,18H,1H3,(H,19,20). The van der Waals surface area contributed by atoms with Crippen LogP contribution in [-0.2, 0) is 0 Å². The van der Waals surface area contributed by atoms with E-state index in [0.29, 0.717) is 21.1 Å². The first-order valence-electron chi connectivity index (χ1n) is 6.33. The fourth-order valence-corrected chi connectivity index (χ4v) is 2.67. The number of aromatic nitrogens is 1. The van der Waals surface area contributed by atoms with Crippen molar-refractivity contribution >= 4 is 34.3 Å². The van der Waals surface area contributed by atoms with E-state index < -0.39 is 5.76 Å². The van der Waals surface area contributed by atoms with Crippen LogP contribution >= 0.6 is 23.2 Å². The zero-order chi connectivity index (χ0) is 15.0. The average Bonchev–Trinajstić information content (AvgIpc) is 2.83. The third-order valence-corrected chi connectivity index (χ3v) is 4.08. The second kappa shape index (κ2) is 5.56. The zero-order valence-electron chi connectivity index (χ0n) is 11.1. The molecule has 2 aromatic carbocycles. The number of aromatic amines is 1. The van der Waals surface area contributed by atoms with Gasteiger partial charge in [0.1, 0.15) is 0 Å². The summed E-state index contributed by atoms with van der Waals surface area (Å²) in [6.07, 6.45) is 0. The summed E-state index contributed by atoms with van der Waals surface area (Å²) >= 11 is 12.0. The number of fused-ring (bicyclic) bond motifs is 1. The SMILES string of the molecule is CNC(c1ccc(Cl)c(Cl)c1)c1ccc2[nH]c(=O)oc2c1. The van der Waals surface area contributed by atoms with E-state index in [0.717, 1.165) is 11.1 Å². The summed E-state index contributed by atoms with van der Waals surface area (Å²) in [6, 6.07) is 11.0. The molecule has 108 valence electrons. The minimum absolute atomic E-state index is 0.0793. The van der Waals surface area contributed by atoms with Crippen LogP contribution in [0.25, 0.3) is 11.1 Å². The van der Waals surface area contributed by atoms with Crippen molar-refractivity contribution in [2.75, 3.05) is 7.05 Å². The summed E-state index contributed by atoms with van der Waals surface area (Å²) in [7, 11) is 1.85. The number of halogens is 2. The molecule has 0 aliphatic rings. The molecule has 1 unspecified atom stereocenters. The minimum Gasteiger partial charge on any atom is -0.408 e. The Bertz CT molecular complexity index is 854. The van der Waals surface area contributed by atoms with Crippen molar-refractivity contribution in [3.8, 4) is 0 Å². The summed E-state index contributed by atoms with van der Waals surface area (Å²) in [4.78, 5) is 13.8. The molecular formula is C15H12Cl2N2O2. The molecule has 21 heavy (non-hydrogen) atoms. The van der Waals surface area contributed by atoms with Crippen LogP contribution in [-0.4, -0.2) is 12.0 Å². The first-order chi connectivity index (χ1) is 10.1. The molecule has 0 saturated heterocycles. The predicted octanol–water partition coefficient (Wildman–Crippen LogP) is 3.74. The molecule has 1 heterocycles. The Labute approximate surface area is 130 Å². The molecule has 0 aliphatic carbocycles. The second-order valence-corrected chi connectivity index (χ2v) is 5.48. The van der Waals surface area contributed by atoms with Crippen LogP contribution < -0.4 is 11.1 Å². The highest BCUT2D eigenvalue weighted by Crippen LogP contribution is 2.29. The lowest BCUT2D eigenvalue weighted by Crippen LogP contribution is -2.17. The molecule has 1 atom stereocenters. The van der Waals surface area contributed by atoms with Gasteiger partial charge in [-0.3, -0.25) is 4.98 Å². The van der Waals surface area contributed by atoms with Crippen LogP contribution in [0.5, 0.6) is 0 Å². The lowest BCUT2D eigenvalue weighted by molar-refractivity contribution is 0.554. The Morgan fingerprint density at radius 3 is 2.52 bits per heavy atom. The van der Waals surface area contributed by atoms with Gasteiger partial charge in [-0.25, -0.2) is 4.79 Å². The Balaban J connectivity index is 2.08. The Hall–Kier alpha value is -1.75.